The van der Waals surface area contributed by atoms with Crippen molar-refractivity contribution >= 4 is 23.9 Å². The lowest BCUT2D eigenvalue weighted by Gasteiger charge is -2.45. The van der Waals surface area contributed by atoms with E-state index in [1.54, 1.807) is 54.6 Å². The summed E-state index contributed by atoms with van der Waals surface area (Å²) >= 11 is 0. The summed E-state index contributed by atoms with van der Waals surface area (Å²) in [6.45, 7) is 3.78. The van der Waals surface area contributed by atoms with Gasteiger partial charge in [-0.3, -0.25) is 4.79 Å². The van der Waals surface area contributed by atoms with Crippen molar-refractivity contribution in [2.45, 2.75) is 69.5 Å². The van der Waals surface area contributed by atoms with Crippen LogP contribution in [0.1, 0.15) is 39.0 Å². The summed E-state index contributed by atoms with van der Waals surface area (Å²) in [6.07, 6.45) is -5.71. The topological polar surface area (TPSA) is 157 Å². The summed E-state index contributed by atoms with van der Waals surface area (Å²) in [5, 5.41) is 5.26. The number of carbonyl (C=O) groups excluding carboxylic acids is 4. The van der Waals surface area contributed by atoms with Crippen molar-refractivity contribution in [3.05, 3.63) is 192 Å². The van der Waals surface area contributed by atoms with E-state index in [2.05, 4.69) is 17.2 Å². The number of carbonyl (C=O) groups is 4. The normalized spacial score (nSPS) is 18.7. The number of hydrogen-bond acceptors (Lipinski definition) is 11. The van der Waals surface area contributed by atoms with E-state index in [0.29, 0.717) is 5.56 Å². The molecule has 62 heavy (non-hydrogen) atoms. The molecule has 0 saturated carbocycles. The Kier molecular flexibility index (Phi) is 17.4. The van der Waals surface area contributed by atoms with Crippen LogP contribution in [0.4, 0.5) is 4.79 Å². The minimum Gasteiger partial charge on any atom is -0.460 e. The highest BCUT2D eigenvalue weighted by molar-refractivity contribution is 5.90. The van der Waals surface area contributed by atoms with Gasteiger partial charge in [0, 0.05) is 0 Å². The minimum atomic E-state index is -1.48. The van der Waals surface area contributed by atoms with Crippen molar-refractivity contribution in [3.63, 3.8) is 0 Å². The van der Waals surface area contributed by atoms with E-state index in [0.717, 1.165) is 16.7 Å². The average molecular weight is 843 g/mol. The van der Waals surface area contributed by atoms with Gasteiger partial charge < -0.3 is 43.8 Å². The third-order valence-electron chi connectivity index (χ3n) is 9.68. The molecule has 0 radical (unpaired) electrons. The smallest absolute Gasteiger partial charge is 0.408 e. The number of amides is 2. The molecule has 0 aliphatic carbocycles. The van der Waals surface area contributed by atoms with Crippen LogP contribution < -0.4 is 10.6 Å². The molecular formula is C49H50N2O11. The first-order valence-electron chi connectivity index (χ1n) is 20.2. The van der Waals surface area contributed by atoms with Crippen LogP contribution in [0, 0.1) is 0 Å². The Balaban J connectivity index is 1.30. The number of ether oxygens (including phenoxy) is 7. The van der Waals surface area contributed by atoms with Gasteiger partial charge in [-0.15, -0.1) is 0 Å². The van der Waals surface area contributed by atoms with Crippen molar-refractivity contribution in [3.8, 4) is 0 Å². The Hall–Kier alpha value is -6.64. The van der Waals surface area contributed by atoms with Gasteiger partial charge in [0.2, 0.25) is 5.91 Å². The van der Waals surface area contributed by atoms with Crippen LogP contribution in [0.5, 0.6) is 0 Å². The molecule has 1 aliphatic rings. The Morgan fingerprint density at radius 1 is 0.613 bits per heavy atom. The van der Waals surface area contributed by atoms with E-state index in [4.69, 9.17) is 33.2 Å². The molecule has 1 heterocycles. The van der Waals surface area contributed by atoms with Crippen LogP contribution in [0.25, 0.3) is 0 Å². The molecule has 6 atom stereocenters. The van der Waals surface area contributed by atoms with Gasteiger partial charge in [-0.25, -0.2) is 14.4 Å². The molecule has 1 aliphatic heterocycles. The summed E-state index contributed by atoms with van der Waals surface area (Å²) < 4.78 is 42.9. The molecule has 2 N–H and O–H groups in total. The molecule has 1 saturated heterocycles. The zero-order valence-corrected chi connectivity index (χ0v) is 34.1. The van der Waals surface area contributed by atoms with Crippen LogP contribution in [-0.2, 0) is 69.2 Å². The van der Waals surface area contributed by atoms with Crippen LogP contribution in [0.3, 0.4) is 0 Å². The van der Waals surface area contributed by atoms with Gasteiger partial charge in [-0.1, -0.05) is 152 Å². The van der Waals surface area contributed by atoms with Crippen molar-refractivity contribution in [2.24, 2.45) is 0 Å². The van der Waals surface area contributed by atoms with Gasteiger partial charge >= 0.3 is 18.0 Å². The van der Waals surface area contributed by atoms with Gasteiger partial charge in [0.05, 0.1) is 38.4 Å². The lowest BCUT2D eigenvalue weighted by molar-refractivity contribution is -0.265. The van der Waals surface area contributed by atoms with E-state index in [1.165, 1.54) is 6.08 Å². The second-order valence-corrected chi connectivity index (χ2v) is 14.3. The number of hydrogen-bond donors (Lipinski definition) is 2. The Labute approximate surface area is 360 Å². The van der Waals surface area contributed by atoms with Gasteiger partial charge in [0.25, 0.3) is 0 Å². The molecule has 5 aromatic carbocycles. The average Bonchev–Trinajstić information content (AvgIpc) is 3.31. The number of benzene rings is 5. The zero-order chi connectivity index (χ0) is 43.4. The maximum atomic E-state index is 14.1. The number of esters is 2. The highest BCUT2D eigenvalue weighted by Crippen LogP contribution is 2.30. The highest BCUT2D eigenvalue weighted by atomic mass is 16.6. The van der Waals surface area contributed by atoms with Gasteiger partial charge in [-0.2, -0.15) is 0 Å². The number of nitrogens with one attached hydrogen (secondary N) is 2. The highest BCUT2D eigenvalue weighted by Gasteiger charge is 2.50. The van der Waals surface area contributed by atoms with E-state index < -0.39 is 67.0 Å². The fraction of sp³-hybridized carbons (Fsp3) is 0.265. The monoisotopic (exact) mass is 842 g/mol. The second kappa shape index (κ2) is 24.0. The first-order valence-corrected chi connectivity index (χ1v) is 20.2. The molecule has 6 rings (SSSR count). The lowest BCUT2D eigenvalue weighted by atomic mass is 9.96. The van der Waals surface area contributed by atoms with Crippen molar-refractivity contribution in [2.75, 3.05) is 13.2 Å². The molecule has 2 amide bonds. The third-order valence-corrected chi connectivity index (χ3v) is 9.68. The van der Waals surface area contributed by atoms with E-state index in [-0.39, 0.29) is 45.2 Å². The summed E-state index contributed by atoms with van der Waals surface area (Å²) in [6, 6.07) is 44.4. The van der Waals surface area contributed by atoms with Crippen LogP contribution in [0.15, 0.2) is 164 Å². The first kappa shape index (κ1) is 44.9. The largest absolute Gasteiger partial charge is 0.460 e. The van der Waals surface area contributed by atoms with E-state index in [9.17, 15) is 19.2 Å². The quantitative estimate of drug-likeness (QED) is 0.0452. The van der Waals surface area contributed by atoms with Crippen molar-refractivity contribution in [1.29, 1.82) is 0 Å². The van der Waals surface area contributed by atoms with Crippen molar-refractivity contribution in [1.82, 2.24) is 10.6 Å². The van der Waals surface area contributed by atoms with Gasteiger partial charge in [-0.05, 0) is 34.4 Å². The molecule has 13 heteroatoms. The summed E-state index contributed by atoms with van der Waals surface area (Å²) in [5.41, 5.74) is 3.59. The predicted molar refractivity (Wildman–Crippen MR) is 228 cm³/mol. The first-order chi connectivity index (χ1) is 30.4. The number of alkyl carbamates (subject to hydrolysis) is 1. The third kappa shape index (κ3) is 14.0. The minimum absolute atomic E-state index is 0.0173. The number of rotatable bonds is 21. The fourth-order valence-corrected chi connectivity index (χ4v) is 6.60. The molecule has 322 valence electrons. The van der Waals surface area contributed by atoms with E-state index in [1.807, 2.05) is 97.1 Å². The van der Waals surface area contributed by atoms with Gasteiger partial charge in [0.1, 0.15) is 37.6 Å². The standard InChI is InChI=1S/C49H50N2O11/c1-2-28-57-48(54)40(50-49(55)60-33-38-24-14-6-15-25-38)29-42(52)51-46-45(62-47(53)39-26-16-7-17-27-39)44(59-32-37-22-12-5-13-23-37)43(58-31-36-20-10-4-11-21-36)41(61-46)34-56-30-35-18-8-3-9-19-35/h2-27,40-41,43-46H,1,28-34H2,(H,50,55)(H,51,52)/t40-,41+,43+,44-,45-,46+/m0/s1. The Morgan fingerprint density at radius 2 is 1.11 bits per heavy atom. The zero-order valence-electron chi connectivity index (χ0n) is 34.1. The molecule has 0 aromatic heterocycles. The van der Waals surface area contributed by atoms with Crippen molar-refractivity contribution < 1.29 is 52.3 Å². The molecule has 1 fully saturated rings. The summed E-state index contributed by atoms with van der Waals surface area (Å²) in [4.78, 5) is 54.1. The maximum Gasteiger partial charge on any atom is 0.408 e. The van der Waals surface area contributed by atoms with E-state index >= 15 is 0 Å². The molecule has 0 bridgehead atoms. The maximum absolute atomic E-state index is 14.1. The molecule has 5 aromatic rings. The fourth-order valence-electron chi connectivity index (χ4n) is 6.60. The summed E-state index contributed by atoms with van der Waals surface area (Å²) in [7, 11) is 0. The van der Waals surface area contributed by atoms with Crippen LogP contribution in [0.2, 0.25) is 0 Å². The molecule has 0 unspecified atom stereocenters. The SMILES string of the molecule is C=CCOC(=O)[C@H](CC(=O)N[C@@H]1O[C@H](COCc2ccccc2)[C@@H](OCc2ccccc2)[C@H](OCc2ccccc2)[C@@H]1OC(=O)c1ccccc1)NC(=O)OCc1ccccc1. The Bertz CT molecular complexity index is 2140. The molecule has 0 spiro atoms. The lowest BCUT2D eigenvalue weighted by Crippen LogP contribution is -2.66. The summed E-state index contributed by atoms with van der Waals surface area (Å²) in [5.74, 6) is -2.37. The predicted octanol–water partition coefficient (Wildman–Crippen LogP) is 6.86. The second-order valence-electron chi connectivity index (χ2n) is 14.3. The molecule has 13 nitrogen and oxygen atoms in total. The van der Waals surface area contributed by atoms with Gasteiger partial charge in [0.15, 0.2) is 12.3 Å². The van der Waals surface area contributed by atoms with Crippen LogP contribution >= 0.6 is 0 Å². The molecular weight excluding hydrogens is 793 g/mol. The Morgan fingerprint density at radius 3 is 1.66 bits per heavy atom. The van der Waals surface area contributed by atoms with Crippen LogP contribution in [-0.4, -0.2) is 73.8 Å².